The van der Waals surface area contributed by atoms with Crippen LogP contribution in [0.2, 0.25) is 0 Å². The summed E-state index contributed by atoms with van der Waals surface area (Å²) in [6.45, 7) is 4.59. The van der Waals surface area contributed by atoms with Gasteiger partial charge in [0.05, 0.1) is 17.3 Å². The quantitative estimate of drug-likeness (QED) is 0.453. The molecule has 1 atom stereocenters. The fourth-order valence-electron chi connectivity index (χ4n) is 4.05. The van der Waals surface area contributed by atoms with Gasteiger partial charge in [0, 0.05) is 23.8 Å². The average molecular weight is 485 g/mol. The van der Waals surface area contributed by atoms with Crippen LogP contribution in [-0.4, -0.2) is 63.8 Å². The maximum atomic E-state index is 13.1. The van der Waals surface area contributed by atoms with Crippen LogP contribution in [0.25, 0.3) is 17.1 Å². The number of hydrogen-bond acceptors (Lipinski definition) is 6. The van der Waals surface area contributed by atoms with E-state index in [9.17, 15) is 13.2 Å². The first kappa shape index (κ1) is 23.5. The highest BCUT2D eigenvalue weighted by atomic mass is 32.2. The molecule has 7 nitrogen and oxygen atoms in total. The average Bonchev–Trinajstić information content (AvgIpc) is 3.40. The van der Waals surface area contributed by atoms with E-state index in [1.165, 1.54) is 11.8 Å². The summed E-state index contributed by atoms with van der Waals surface area (Å²) >= 11 is 1.33. The van der Waals surface area contributed by atoms with Crippen LogP contribution in [0.15, 0.2) is 59.8 Å². The number of nitrogens with zero attached hydrogens (tertiary/aromatic N) is 4. The summed E-state index contributed by atoms with van der Waals surface area (Å²) in [5.41, 5.74) is 3.01. The van der Waals surface area contributed by atoms with E-state index in [1.807, 2.05) is 73.0 Å². The van der Waals surface area contributed by atoms with Crippen molar-refractivity contribution in [3.63, 3.8) is 0 Å². The molecule has 174 valence electrons. The van der Waals surface area contributed by atoms with E-state index in [-0.39, 0.29) is 29.2 Å². The van der Waals surface area contributed by atoms with Crippen LogP contribution in [-0.2, 0) is 14.6 Å². The zero-order valence-corrected chi connectivity index (χ0v) is 20.5. The molecule has 1 aromatic heterocycles. The Bertz CT molecular complexity index is 1210. The largest absolute Gasteiger partial charge is 0.338 e. The van der Waals surface area contributed by atoms with E-state index in [4.69, 9.17) is 0 Å². The zero-order chi connectivity index (χ0) is 23.4. The number of thioether (sulfide) groups is 1. The van der Waals surface area contributed by atoms with Gasteiger partial charge in [0.15, 0.2) is 20.8 Å². The fraction of sp³-hybridized carbons (Fsp3) is 0.375. The third-order valence-corrected chi connectivity index (χ3v) is 8.38. The lowest BCUT2D eigenvalue weighted by Gasteiger charge is -2.27. The van der Waals surface area contributed by atoms with Crippen molar-refractivity contribution >= 4 is 27.5 Å². The Morgan fingerprint density at radius 3 is 2.48 bits per heavy atom. The molecule has 0 unspecified atom stereocenters. The summed E-state index contributed by atoms with van der Waals surface area (Å²) in [4.78, 5) is 14.9. The Balaban J connectivity index is 1.59. The smallest absolute Gasteiger partial charge is 0.233 e. The minimum atomic E-state index is -3.06. The van der Waals surface area contributed by atoms with Crippen molar-refractivity contribution in [2.45, 2.75) is 37.9 Å². The third kappa shape index (κ3) is 5.47. The van der Waals surface area contributed by atoms with E-state index < -0.39 is 9.84 Å². The highest BCUT2D eigenvalue weighted by molar-refractivity contribution is 7.99. The summed E-state index contributed by atoms with van der Waals surface area (Å²) in [6, 6.07) is 17.7. The van der Waals surface area contributed by atoms with Crippen LogP contribution >= 0.6 is 11.8 Å². The van der Waals surface area contributed by atoms with Gasteiger partial charge in [-0.25, -0.2) is 8.42 Å². The van der Waals surface area contributed by atoms with Crippen LogP contribution in [0.4, 0.5) is 0 Å². The van der Waals surface area contributed by atoms with Gasteiger partial charge in [-0.15, -0.1) is 10.2 Å². The molecular weight excluding hydrogens is 456 g/mol. The normalized spacial score (nSPS) is 17.2. The van der Waals surface area contributed by atoms with Gasteiger partial charge in [0.25, 0.3) is 0 Å². The topological polar surface area (TPSA) is 85.2 Å². The first-order valence-corrected chi connectivity index (χ1v) is 13.9. The summed E-state index contributed by atoms with van der Waals surface area (Å²) in [5.74, 6) is 1.03. The van der Waals surface area contributed by atoms with Crippen molar-refractivity contribution < 1.29 is 13.2 Å². The van der Waals surface area contributed by atoms with Gasteiger partial charge in [-0.05, 0) is 31.9 Å². The van der Waals surface area contributed by atoms with Crippen molar-refractivity contribution in [3.8, 4) is 17.1 Å². The molecule has 0 bridgehead atoms. The lowest BCUT2D eigenvalue weighted by molar-refractivity contribution is -0.130. The molecule has 1 aliphatic heterocycles. The first-order valence-electron chi connectivity index (χ1n) is 11.1. The molecular formula is C24H28N4O3S2. The van der Waals surface area contributed by atoms with Gasteiger partial charge in [-0.2, -0.15) is 0 Å². The van der Waals surface area contributed by atoms with Crippen LogP contribution in [0.5, 0.6) is 0 Å². The van der Waals surface area contributed by atoms with Crippen molar-refractivity contribution in [2.75, 3.05) is 23.8 Å². The van der Waals surface area contributed by atoms with Crippen LogP contribution in [0, 0.1) is 6.92 Å². The maximum absolute atomic E-state index is 13.1. The van der Waals surface area contributed by atoms with Gasteiger partial charge < -0.3 is 4.90 Å². The number of benzene rings is 2. The minimum Gasteiger partial charge on any atom is -0.338 e. The van der Waals surface area contributed by atoms with Gasteiger partial charge >= 0.3 is 0 Å². The Kier molecular flexibility index (Phi) is 7.19. The number of aryl methyl sites for hydroxylation is 1. The lowest BCUT2D eigenvalue weighted by atomic mass is 10.2. The van der Waals surface area contributed by atoms with Gasteiger partial charge in [-0.3, -0.25) is 9.36 Å². The second-order valence-electron chi connectivity index (χ2n) is 8.28. The van der Waals surface area contributed by atoms with Gasteiger partial charge in [0.1, 0.15) is 0 Å². The molecule has 0 spiro atoms. The second-order valence-corrected chi connectivity index (χ2v) is 11.4. The third-order valence-electron chi connectivity index (χ3n) is 5.72. The summed E-state index contributed by atoms with van der Waals surface area (Å²) < 4.78 is 25.9. The summed E-state index contributed by atoms with van der Waals surface area (Å²) in [7, 11) is -3.06. The van der Waals surface area contributed by atoms with Gasteiger partial charge in [-0.1, -0.05) is 66.7 Å². The molecule has 0 saturated carbocycles. The van der Waals surface area contributed by atoms with E-state index in [0.29, 0.717) is 23.9 Å². The molecule has 0 aliphatic carbocycles. The SMILES string of the molecule is CCCN(C(=O)CSc1nnc(-c2ccccc2)n1-c1ccc(C)cc1)[C@@H]1CCS(=O)(=O)C1. The molecule has 9 heteroatoms. The Hall–Kier alpha value is -2.65. The molecule has 4 rings (SSSR count). The number of carbonyl (C=O) groups is 1. The zero-order valence-electron chi connectivity index (χ0n) is 18.8. The Labute approximate surface area is 199 Å². The molecule has 2 aromatic carbocycles. The number of amides is 1. The molecule has 1 saturated heterocycles. The first-order chi connectivity index (χ1) is 15.9. The standard InChI is InChI=1S/C24H28N4O3S2/c1-3-14-27(21-13-15-33(30,31)17-21)22(29)16-32-24-26-25-23(19-7-5-4-6-8-19)28(24)20-11-9-18(2)10-12-20/h4-12,21H,3,13-17H2,1-2H3/t21-/m1/s1. The van der Waals surface area contributed by atoms with Crippen molar-refractivity contribution in [1.82, 2.24) is 19.7 Å². The maximum Gasteiger partial charge on any atom is 0.233 e. The molecule has 1 amide bonds. The van der Waals surface area contributed by atoms with Crippen LogP contribution < -0.4 is 0 Å². The van der Waals surface area contributed by atoms with Crippen LogP contribution in [0.1, 0.15) is 25.3 Å². The summed E-state index contributed by atoms with van der Waals surface area (Å²) in [5, 5.41) is 9.45. The van der Waals surface area contributed by atoms with Crippen molar-refractivity contribution in [3.05, 3.63) is 60.2 Å². The molecule has 2 heterocycles. The highest BCUT2D eigenvalue weighted by Gasteiger charge is 2.34. The van der Waals surface area contributed by atoms with Crippen molar-refractivity contribution in [2.24, 2.45) is 0 Å². The lowest BCUT2D eigenvalue weighted by Crippen LogP contribution is -2.42. The number of rotatable bonds is 8. The van der Waals surface area contributed by atoms with Gasteiger partial charge in [0.2, 0.25) is 5.91 Å². The molecule has 33 heavy (non-hydrogen) atoms. The van der Waals surface area contributed by atoms with E-state index >= 15 is 0 Å². The minimum absolute atomic E-state index is 0.0567. The predicted octanol–water partition coefficient (Wildman–Crippen LogP) is 3.76. The van der Waals surface area contributed by atoms with E-state index in [1.54, 1.807) is 4.90 Å². The number of carbonyl (C=O) groups excluding carboxylic acids is 1. The Morgan fingerprint density at radius 1 is 1.12 bits per heavy atom. The Morgan fingerprint density at radius 2 is 1.85 bits per heavy atom. The monoisotopic (exact) mass is 484 g/mol. The fourth-order valence-corrected chi connectivity index (χ4v) is 6.62. The molecule has 1 aliphatic rings. The molecule has 0 N–H and O–H groups in total. The number of hydrogen-bond donors (Lipinski definition) is 0. The summed E-state index contributed by atoms with van der Waals surface area (Å²) in [6.07, 6.45) is 1.29. The van der Waals surface area contributed by atoms with Crippen LogP contribution in [0.3, 0.4) is 0 Å². The molecule has 3 aromatic rings. The van der Waals surface area contributed by atoms with E-state index in [2.05, 4.69) is 10.2 Å². The highest BCUT2D eigenvalue weighted by Crippen LogP contribution is 2.29. The predicted molar refractivity (Wildman–Crippen MR) is 131 cm³/mol. The van der Waals surface area contributed by atoms with E-state index in [0.717, 1.165) is 23.2 Å². The molecule has 1 fully saturated rings. The second kappa shape index (κ2) is 10.1. The number of aromatic nitrogens is 3. The van der Waals surface area contributed by atoms with Crippen molar-refractivity contribution in [1.29, 1.82) is 0 Å². The molecule has 0 radical (unpaired) electrons. The number of sulfone groups is 1.